The summed E-state index contributed by atoms with van der Waals surface area (Å²) in [4.78, 5) is 25.0. The number of unbranched alkanes of at least 4 members (excludes halogenated alkanes) is 25. The number of rotatable bonds is 39. The van der Waals surface area contributed by atoms with Gasteiger partial charge in [-0.25, -0.2) is 0 Å². The van der Waals surface area contributed by atoms with Crippen molar-refractivity contribution < 1.29 is 37.3 Å². The fourth-order valence-corrected chi connectivity index (χ4v) is 6.63. The van der Waals surface area contributed by atoms with Crippen LogP contribution in [0.5, 0.6) is 0 Å². The maximum Gasteiger partial charge on any atom is 0.306 e. The molecule has 2 atom stereocenters. The largest absolute Gasteiger partial charge is 0.756 e. The van der Waals surface area contributed by atoms with Crippen LogP contribution in [-0.2, 0) is 27.9 Å². The van der Waals surface area contributed by atoms with E-state index < -0.39 is 13.9 Å². The van der Waals surface area contributed by atoms with Crippen LogP contribution in [0.1, 0.15) is 194 Å². The van der Waals surface area contributed by atoms with Gasteiger partial charge in [0.1, 0.15) is 19.3 Å². The minimum atomic E-state index is -4.51. The van der Waals surface area contributed by atoms with E-state index in [9.17, 15) is 14.3 Å². The van der Waals surface area contributed by atoms with Crippen LogP contribution >= 0.6 is 7.82 Å². The Hall–Kier alpha value is -0.500. The first-order valence-electron chi connectivity index (χ1n) is 20.8. The maximum absolute atomic E-state index is 12.6. The van der Waals surface area contributed by atoms with Crippen LogP contribution < -0.4 is 4.89 Å². The first kappa shape index (κ1) is 48.5. The van der Waals surface area contributed by atoms with Crippen LogP contribution in [0.3, 0.4) is 0 Å². The van der Waals surface area contributed by atoms with Gasteiger partial charge in [-0.05, 0) is 12.8 Å². The number of quaternary nitrogens is 1. The highest BCUT2D eigenvalue weighted by Gasteiger charge is 2.20. The van der Waals surface area contributed by atoms with Crippen LogP contribution in [0.25, 0.3) is 0 Å². The van der Waals surface area contributed by atoms with Gasteiger partial charge in [0.05, 0.1) is 34.4 Å². The molecule has 0 aromatic rings. The molecule has 9 heteroatoms. The normalized spacial score (nSPS) is 13.8. The van der Waals surface area contributed by atoms with Crippen molar-refractivity contribution in [1.29, 1.82) is 0 Å². The van der Waals surface area contributed by atoms with Gasteiger partial charge in [0, 0.05) is 13.0 Å². The fourth-order valence-electron chi connectivity index (χ4n) is 5.90. The molecule has 294 valence electrons. The number of phosphoric acid groups is 1. The second-order valence-electron chi connectivity index (χ2n) is 15.4. The lowest BCUT2D eigenvalue weighted by atomic mass is 10.0. The summed E-state index contributed by atoms with van der Waals surface area (Å²) in [6, 6.07) is 0. The molecule has 0 aromatic heterocycles. The summed E-state index contributed by atoms with van der Waals surface area (Å²) in [5.74, 6) is -0.330. The molecule has 8 nitrogen and oxygen atoms in total. The van der Waals surface area contributed by atoms with Gasteiger partial charge in [0.25, 0.3) is 7.82 Å². The quantitative estimate of drug-likeness (QED) is 0.0270. The summed E-state index contributed by atoms with van der Waals surface area (Å²) in [7, 11) is 1.37. The Morgan fingerprint density at radius 1 is 0.551 bits per heavy atom. The molecule has 0 saturated heterocycles. The van der Waals surface area contributed by atoms with Crippen molar-refractivity contribution in [2.45, 2.75) is 200 Å². The Morgan fingerprint density at radius 2 is 0.939 bits per heavy atom. The number of carbonyl (C=O) groups is 1. The Bertz CT molecular complexity index is 761. The predicted molar refractivity (Wildman–Crippen MR) is 204 cm³/mol. The number of ether oxygens (including phenoxy) is 2. The third-order valence-corrected chi connectivity index (χ3v) is 10.1. The SMILES string of the molecule is CCCCCCCCCCCCCCCCOC[C@@H](COP(=O)([O-])OCC[N+](C)(C)C)OC(=O)CCCCCCCCCCCCCCC. The highest BCUT2D eigenvalue weighted by Crippen LogP contribution is 2.38. The van der Waals surface area contributed by atoms with Gasteiger partial charge >= 0.3 is 5.97 Å². The lowest BCUT2D eigenvalue weighted by molar-refractivity contribution is -0.870. The van der Waals surface area contributed by atoms with Crippen LogP contribution in [0.4, 0.5) is 0 Å². The molecular weight excluding hydrogens is 637 g/mol. The van der Waals surface area contributed by atoms with Crippen molar-refractivity contribution in [3.05, 3.63) is 0 Å². The molecule has 1 unspecified atom stereocenters. The monoisotopic (exact) mass is 720 g/mol. The number of hydrogen-bond donors (Lipinski definition) is 0. The van der Waals surface area contributed by atoms with Crippen LogP contribution in [0.15, 0.2) is 0 Å². The zero-order chi connectivity index (χ0) is 36.3. The molecule has 49 heavy (non-hydrogen) atoms. The lowest BCUT2D eigenvalue weighted by Gasteiger charge is -2.28. The highest BCUT2D eigenvalue weighted by atomic mass is 31.2. The number of nitrogens with zero attached hydrogens (tertiary/aromatic N) is 1. The molecule has 0 amide bonds. The first-order chi connectivity index (χ1) is 23.6. The van der Waals surface area contributed by atoms with E-state index in [4.69, 9.17) is 18.5 Å². The number of hydrogen-bond acceptors (Lipinski definition) is 7. The molecule has 0 aromatic carbocycles. The van der Waals surface area contributed by atoms with Gasteiger partial charge in [0.2, 0.25) is 0 Å². The van der Waals surface area contributed by atoms with E-state index in [0.717, 1.165) is 32.1 Å². The maximum atomic E-state index is 12.6. The fraction of sp³-hybridized carbons (Fsp3) is 0.975. The molecule has 0 rings (SSSR count). The van der Waals surface area contributed by atoms with E-state index >= 15 is 0 Å². The topological polar surface area (TPSA) is 94.1 Å². The number of carbonyl (C=O) groups excluding carboxylic acids is 1. The smallest absolute Gasteiger partial charge is 0.306 e. The Balaban J connectivity index is 4.22. The second-order valence-corrected chi connectivity index (χ2v) is 16.8. The van der Waals surface area contributed by atoms with Crippen molar-refractivity contribution in [3.63, 3.8) is 0 Å². The number of esters is 1. The van der Waals surface area contributed by atoms with Crippen molar-refractivity contribution in [1.82, 2.24) is 0 Å². The molecule has 0 heterocycles. The third-order valence-electron chi connectivity index (χ3n) is 9.16. The molecule has 0 N–H and O–H groups in total. The van der Waals surface area contributed by atoms with E-state index in [1.807, 2.05) is 21.1 Å². The van der Waals surface area contributed by atoms with E-state index in [0.29, 0.717) is 24.1 Å². The minimum absolute atomic E-state index is 0.0312. The third kappa shape index (κ3) is 38.6. The molecule has 0 spiro atoms. The zero-order valence-corrected chi connectivity index (χ0v) is 34.1. The standard InChI is InChI=1S/C40H82NO7P/c1-6-8-10-12-14-16-18-20-22-24-26-28-30-32-35-45-37-39(38-47-49(43,44)46-36-34-41(3,4)5)48-40(42)33-31-29-27-25-23-21-19-17-15-13-11-9-7-2/h39H,6-38H2,1-5H3/t39-/m0/s1. The summed E-state index contributed by atoms with van der Waals surface area (Å²) >= 11 is 0. The summed E-state index contributed by atoms with van der Waals surface area (Å²) in [5, 5.41) is 0. The van der Waals surface area contributed by atoms with Gasteiger partial charge in [-0.2, -0.15) is 0 Å². The van der Waals surface area contributed by atoms with Crippen molar-refractivity contribution in [2.24, 2.45) is 0 Å². The van der Waals surface area contributed by atoms with Crippen LogP contribution in [0.2, 0.25) is 0 Å². The van der Waals surface area contributed by atoms with Crippen molar-refractivity contribution in [2.75, 3.05) is 54.1 Å². The number of likely N-dealkylation sites (N-methyl/N-ethyl adjacent to an activating group) is 1. The van der Waals surface area contributed by atoms with E-state index in [1.54, 1.807) is 0 Å². The summed E-state index contributed by atoms with van der Waals surface area (Å²) in [5.41, 5.74) is 0. The van der Waals surface area contributed by atoms with Gasteiger partial charge < -0.3 is 27.9 Å². The van der Waals surface area contributed by atoms with Crippen molar-refractivity contribution >= 4 is 13.8 Å². The van der Waals surface area contributed by atoms with Crippen LogP contribution in [-0.4, -0.2) is 70.7 Å². The summed E-state index contributed by atoms with van der Waals surface area (Å²) in [6.45, 7) is 5.45. The predicted octanol–water partition coefficient (Wildman–Crippen LogP) is 11.1. The Labute approximate surface area is 304 Å². The van der Waals surface area contributed by atoms with Crippen LogP contribution in [0, 0.1) is 0 Å². The van der Waals surface area contributed by atoms with Gasteiger partial charge in [-0.3, -0.25) is 9.36 Å². The van der Waals surface area contributed by atoms with Gasteiger partial charge in [-0.1, -0.05) is 174 Å². The zero-order valence-electron chi connectivity index (χ0n) is 33.2. The average Bonchev–Trinajstić information content (AvgIpc) is 3.04. The Morgan fingerprint density at radius 3 is 1.35 bits per heavy atom. The minimum Gasteiger partial charge on any atom is -0.756 e. The van der Waals surface area contributed by atoms with Gasteiger partial charge in [0.15, 0.2) is 0 Å². The van der Waals surface area contributed by atoms with Crippen molar-refractivity contribution in [3.8, 4) is 0 Å². The average molecular weight is 720 g/mol. The molecule has 0 aliphatic rings. The van der Waals surface area contributed by atoms with E-state index in [2.05, 4.69) is 13.8 Å². The van der Waals surface area contributed by atoms with E-state index in [1.165, 1.54) is 141 Å². The number of phosphoric ester groups is 1. The molecule has 0 bridgehead atoms. The van der Waals surface area contributed by atoms with Gasteiger partial charge in [-0.15, -0.1) is 0 Å². The molecular formula is C40H82NO7P. The second kappa shape index (κ2) is 34.6. The van der Waals surface area contributed by atoms with E-state index in [-0.39, 0.29) is 25.8 Å². The Kier molecular flexibility index (Phi) is 34.2. The first-order valence-corrected chi connectivity index (χ1v) is 22.2. The molecule has 0 aliphatic heterocycles. The molecule has 0 saturated carbocycles. The summed E-state index contributed by atoms with van der Waals surface area (Å²) in [6.07, 6.45) is 33.8. The summed E-state index contributed by atoms with van der Waals surface area (Å²) < 4.78 is 34.5. The molecule has 0 aliphatic carbocycles. The molecule has 0 radical (unpaired) electrons. The molecule has 0 fully saturated rings. The lowest BCUT2D eigenvalue weighted by Crippen LogP contribution is -2.37. The highest BCUT2D eigenvalue weighted by molar-refractivity contribution is 7.45.